The van der Waals surface area contributed by atoms with Crippen LogP contribution < -0.4 is 5.32 Å². The number of benzene rings is 1. The number of halogens is 1. The van der Waals surface area contributed by atoms with Crippen LogP contribution in [0.5, 0.6) is 0 Å². The van der Waals surface area contributed by atoms with Gasteiger partial charge < -0.3 is 15.2 Å². The number of carboxylic acid groups (broad SMARTS) is 1. The van der Waals surface area contributed by atoms with E-state index in [4.69, 9.17) is 21.4 Å². The summed E-state index contributed by atoms with van der Waals surface area (Å²) in [5.41, 5.74) is 1.03. The van der Waals surface area contributed by atoms with E-state index in [1.54, 1.807) is 19.2 Å². The lowest BCUT2D eigenvalue weighted by Gasteiger charge is -2.25. The molecule has 2 N–H and O–H groups in total. The largest absolute Gasteiger partial charge is 0.478 e. The zero-order valence-corrected chi connectivity index (χ0v) is 12.3. The van der Waals surface area contributed by atoms with Crippen molar-refractivity contribution in [3.05, 3.63) is 28.8 Å². The van der Waals surface area contributed by atoms with Gasteiger partial charge in [-0.3, -0.25) is 0 Å². The number of hydrogen-bond donors (Lipinski definition) is 2. The van der Waals surface area contributed by atoms with E-state index in [1.807, 2.05) is 0 Å². The van der Waals surface area contributed by atoms with Crippen LogP contribution in [0.25, 0.3) is 0 Å². The molecule has 5 heteroatoms. The third-order valence-electron chi connectivity index (χ3n) is 2.95. The van der Waals surface area contributed by atoms with Crippen molar-refractivity contribution in [2.45, 2.75) is 20.3 Å². The van der Waals surface area contributed by atoms with Gasteiger partial charge in [0.25, 0.3) is 0 Å². The molecule has 0 aromatic heterocycles. The molecule has 0 aliphatic heterocycles. The van der Waals surface area contributed by atoms with E-state index in [9.17, 15) is 4.79 Å². The molecule has 0 saturated heterocycles. The highest BCUT2D eigenvalue weighted by Gasteiger charge is 2.17. The van der Waals surface area contributed by atoms with Crippen LogP contribution in [-0.4, -0.2) is 31.3 Å². The molecule has 0 atom stereocenters. The van der Waals surface area contributed by atoms with Crippen molar-refractivity contribution in [1.29, 1.82) is 0 Å². The average molecular weight is 286 g/mol. The topological polar surface area (TPSA) is 58.6 Å². The fourth-order valence-corrected chi connectivity index (χ4v) is 1.87. The molecule has 0 unspecified atom stereocenters. The maximum atomic E-state index is 10.8. The molecule has 106 valence electrons. The second-order valence-electron chi connectivity index (χ2n) is 5.26. The molecule has 0 radical (unpaired) electrons. The Morgan fingerprint density at radius 3 is 2.68 bits per heavy atom. The van der Waals surface area contributed by atoms with Crippen LogP contribution in [0, 0.1) is 5.41 Å². The van der Waals surface area contributed by atoms with Crippen LogP contribution in [0.2, 0.25) is 5.02 Å². The minimum absolute atomic E-state index is 0.0912. The smallest absolute Gasteiger partial charge is 0.337 e. The number of carboxylic acids is 1. The van der Waals surface area contributed by atoms with E-state index >= 15 is 0 Å². The summed E-state index contributed by atoms with van der Waals surface area (Å²) in [6, 6.07) is 4.87. The Bertz CT molecular complexity index is 446. The summed E-state index contributed by atoms with van der Waals surface area (Å²) in [4.78, 5) is 10.8. The van der Waals surface area contributed by atoms with Crippen molar-refractivity contribution in [2.75, 3.05) is 25.6 Å². The number of nitrogens with one attached hydrogen (secondary N) is 1. The highest BCUT2D eigenvalue weighted by atomic mass is 35.5. The van der Waals surface area contributed by atoms with Crippen molar-refractivity contribution < 1.29 is 14.6 Å². The molecule has 1 aromatic rings. The summed E-state index contributed by atoms with van der Waals surface area (Å²) in [5.74, 6) is -1.02. The Kier molecular flexibility index (Phi) is 5.63. The molecule has 0 spiro atoms. The first-order valence-corrected chi connectivity index (χ1v) is 6.49. The quantitative estimate of drug-likeness (QED) is 0.805. The molecule has 0 amide bonds. The summed E-state index contributed by atoms with van der Waals surface area (Å²) in [7, 11) is 1.69. The summed E-state index contributed by atoms with van der Waals surface area (Å²) in [5, 5.41) is 12.4. The van der Waals surface area contributed by atoms with E-state index in [0.29, 0.717) is 6.61 Å². The minimum Gasteiger partial charge on any atom is -0.478 e. The van der Waals surface area contributed by atoms with Gasteiger partial charge in [0.1, 0.15) is 0 Å². The molecule has 19 heavy (non-hydrogen) atoms. The Morgan fingerprint density at radius 1 is 1.47 bits per heavy atom. The van der Waals surface area contributed by atoms with E-state index in [-0.39, 0.29) is 16.0 Å². The van der Waals surface area contributed by atoms with Gasteiger partial charge in [-0.1, -0.05) is 25.4 Å². The van der Waals surface area contributed by atoms with Crippen LogP contribution in [0.1, 0.15) is 30.6 Å². The minimum atomic E-state index is -1.02. The van der Waals surface area contributed by atoms with E-state index < -0.39 is 5.97 Å². The lowest BCUT2D eigenvalue weighted by molar-refractivity contribution is 0.0697. The summed E-state index contributed by atoms with van der Waals surface area (Å²) >= 11 is 5.92. The molecule has 0 aliphatic rings. The van der Waals surface area contributed by atoms with Crippen LogP contribution in [0.4, 0.5) is 5.69 Å². The first-order chi connectivity index (χ1) is 8.85. The van der Waals surface area contributed by atoms with Crippen molar-refractivity contribution in [1.82, 2.24) is 0 Å². The lowest BCUT2D eigenvalue weighted by Crippen LogP contribution is -2.24. The SMILES string of the molecule is COCCC(C)(C)CNc1ccc(C(=O)O)c(Cl)c1. The maximum Gasteiger partial charge on any atom is 0.337 e. The van der Waals surface area contributed by atoms with Gasteiger partial charge in [0, 0.05) is 25.9 Å². The predicted octanol–water partition coefficient (Wildman–Crippen LogP) is 3.51. The fraction of sp³-hybridized carbons (Fsp3) is 0.500. The highest BCUT2D eigenvalue weighted by molar-refractivity contribution is 6.33. The van der Waals surface area contributed by atoms with Gasteiger partial charge in [-0.2, -0.15) is 0 Å². The molecular weight excluding hydrogens is 266 g/mol. The van der Waals surface area contributed by atoms with Crippen molar-refractivity contribution in [3.8, 4) is 0 Å². The third-order valence-corrected chi connectivity index (χ3v) is 3.27. The lowest BCUT2D eigenvalue weighted by atomic mass is 9.89. The van der Waals surface area contributed by atoms with Gasteiger partial charge in [-0.05, 0) is 30.0 Å². The molecule has 0 saturated carbocycles. The number of hydrogen-bond acceptors (Lipinski definition) is 3. The van der Waals surface area contributed by atoms with Gasteiger partial charge in [0.05, 0.1) is 10.6 Å². The summed E-state index contributed by atoms with van der Waals surface area (Å²) < 4.78 is 5.08. The highest BCUT2D eigenvalue weighted by Crippen LogP contribution is 2.24. The zero-order chi connectivity index (χ0) is 14.5. The molecule has 1 aromatic carbocycles. The van der Waals surface area contributed by atoms with Crippen LogP contribution >= 0.6 is 11.6 Å². The second kappa shape index (κ2) is 6.78. The fourth-order valence-electron chi connectivity index (χ4n) is 1.61. The van der Waals surface area contributed by atoms with Crippen molar-refractivity contribution in [2.24, 2.45) is 5.41 Å². The standard InChI is InChI=1S/C14H20ClNO3/c1-14(2,6-7-19-3)9-16-10-4-5-11(13(17)18)12(15)8-10/h4-5,8,16H,6-7,9H2,1-3H3,(H,17,18). The summed E-state index contributed by atoms with van der Waals surface area (Å²) in [6.07, 6.45) is 0.942. The Balaban J connectivity index is 2.63. The first kappa shape index (κ1) is 15.8. The number of carbonyl (C=O) groups is 1. The van der Waals surface area contributed by atoms with E-state index in [2.05, 4.69) is 19.2 Å². The Morgan fingerprint density at radius 2 is 2.16 bits per heavy atom. The Hall–Kier alpha value is -1.26. The van der Waals surface area contributed by atoms with Gasteiger partial charge >= 0.3 is 5.97 Å². The van der Waals surface area contributed by atoms with E-state index in [1.165, 1.54) is 6.07 Å². The number of aromatic carboxylic acids is 1. The Labute approximate surface area is 118 Å². The average Bonchev–Trinajstić information content (AvgIpc) is 2.34. The van der Waals surface area contributed by atoms with Crippen LogP contribution in [0.15, 0.2) is 18.2 Å². The second-order valence-corrected chi connectivity index (χ2v) is 5.67. The first-order valence-electron chi connectivity index (χ1n) is 6.11. The predicted molar refractivity (Wildman–Crippen MR) is 77.2 cm³/mol. The molecule has 4 nitrogen and oxygen atoms in total. The van der Waals surface area contributed by atoms with Gasteiger partial charge in [0.2, 0.25) is 0 Å². The molecule has 1 rings (SSSR count). The maximum absolute atomic E-state index is 10.8. The molecule has 0 aliphatic carbocycles. The van der Waals surface area contributed by atoms with Gasteiger partial charge in [0.15, 0.2) is 0 Å². The van der Waals surface area contributed by atoms with Crippen molar-refractivity contribution >= 4 is 23.3 Å². The third kappa shape index (κ3) is 5.09. The van der Waals surface area contributed by atoms with Gasteiger partial charge in [-0.15, -0.1) is 0 Å². The monoisotopic (exact) mass is 285 g/mol. The summed E-state index contributed by atoms with van der Waals surface area (Å²) in [6.45, 7) is 5.77. The number of methoxy groups -OCH3 is 1. The molecule has 0 bridgehead atoms. The van der Waals surface area contributed by atoms with Crippen LogP contribution in [-0.2, 0) is 4.74 Å². The number of anilines is 1. The van der Waals surface area contributed by atoms with E-state index in [0.717, 1.165) is 18.7 Å². The molecule has 0 heterocycles. The normalized spacial score (nSPS) is 11.4. The van der Waals surface area contributed by atoms with Crippen LogP contribution in [0.3, 0.4) is 0 Å². The van der Waals surface area contributed by atoms with Crippen molar-refractivity contribution in [3.63, 3.8) is 0 Å². The number of ether oxygens (including phenoxy) is 1. The molecular formula is C14H20ClNO3. The molecule has 0 fully saturated rings. The zero-order valence-electron chi connectivity index (χ0n) is 11.5. The van der Waals surface area contributed by atoms with Gasteiger partial charge in [-0.25, -0.2) is 4.79 Å². The number of rotatable bonds is 7.